The Balaban J connectivity index is 1.96. The van der Waals surface area contributed by atoms with Crippen LogP contribution in [-0.4, -0.2) is 22.1 Å². The quantitative estimate of drug-likeness (QED) is 0.853. The van der Waals surface area contributed by atoms with Crippen molar-refractivity contribution in [2.45, 2.75) is 24.3 Å². The molecule has 1 atom stereocenters. The summed E-state index contributed by atoms with van der Waals surface area (Å²) in [7, 11) is -1.84. The molecule has 0 amide bonds. The average Bonchev–Trinajstić information content (AvgIpc) is 2.53. The molecule has 5 heteroatoms. The third-order valence-corrected chi connectivity index (χ3v) is 4.96. The lowest BCUT2D eigenvalue weighted by atomic mass is 10.1. The number of sulfonamides is 1. The van der Waals surface area contributed by atoms with E-state index in [0.717, 1.165) is 11.1 Å². The Hall–Kier alpha value is -1.69. The van der Waals surface area contributed by atoms with E-state index in [4.69, 9.17) is 4.74 Å². The van der Waals surface area contributed by atoms with Crippen LogP contribution in [0.5, 0.6) is 0 Å². The number of aryl methyl sites for hydroxylation is 1. The predicted molar refractivity (Wildman–Crippen MR) is 87.2 cm³/mol. The van der Waals surface area contributed by atoms with Crippen molar-refractivity contribution in [3.63, 3.8) is 0 Å². The van der Waals surface area contributed by atoms with Gasteiger partial charge in [-0.15, -0.1) is 0 Å². The zero-order valence-electron chi connectivity index (χ0n) is 12.8. The van der Waals surface area contributed by atoms with Crippen LogP contribution in [0.2, 0.25) is 0 Å². The van der Waals surface area contributed by atoms with Gasteiger partial charge in [0.15, 0.2) is 0 Å². The molecule has 118 valence electrons. The van der Waals surface area contributed by atoms with E-state index < -0.39 is 10.0 Å². The van der Waals surface area contributed by atoms with Crippen molar-refractivity contribution in [3.8, 4) is 0 Å². The van der Waals surface area contributed by atoms with Gasteiger partial charge in [-0.2, -0.15) is 0 Å². The maximum atomic E-state index is 12.2. The predicted octanol–water partition coefficient (Wildman–Crippen LogP) is 3.05. The van der Waals surface area contributed by atoms with Gasteiger partial charge in [-0.05, 0) is 31.0 Å². The summed E-state index contributed by atoms with van der Waals surface area (Å²) in [6.45, 7) is 2.25. The van der Waals surface area contributed by atoms with Gasteiger partial charge in [0.05, 0.1) is 11.0 Å². The Morgan fingerprint density at radius 1 is 1.05 bits per heavy atom. The maximum absolute atomic E-state index is 12.2. The molecule has 0 unspecified atom stereocenters. The first kappa shape index (κ1) is 16.7. The Kier molecular flexibility index (Phi) is 5.71. The van der Waals surface area contributed by atoms with E-state index >= 15 is 0 Å². The number of hydrogen-bond acceptors (Lipinski definition) is 3. The highest BCUT2D eigenvalue weighted by molar-refractivity contribution is 7.89. The highest BCUT2D eigenvalue weighted by Crippen LogP contribution is 2.19. The van der Waals surface area contributed by atoms with Crippen molar-refractivity contribution in [1.82, 2.24) is 4.72 Å². The molecular formula is C17H21NO3S. The second-order valence-corrected chi connectivity index (χ2v) is 6.90. The van der Waals surface area contributed by atoms with Crippen LogP contribution in [0.4, 0.5) is 0 Å². The van der Waals surface area contributed by atoms with Crippen LogP contribution >= 0.6 is 0 Å². The molecule has 0 bridgehead atoms. The number of ether oxygens (including phenoxy) is 1. The van der Waals surface area contributed by atoms with E-state index in [2.05, 4.69) is 4.72 Å². The van der Waals surface area contributed by atoms with Crippen molar-refractivity contribution in [1.29, 1.82) is 0 Å². The fraction of sp³-hybridized carbons (Fsp3) is 0.294. The molecule has 0 aliphatic rings. The number of rotatable bonds is 7. The fourth-order valence-electron chi connectivity index (χ4n) is 2.21. The van der Waals surface area contributed by atoms with Gasteiger partial charge >= 0.3 is 0 Å². The lowest BCUT2D eigenvalue weighted by molar-refractivity contribution is 0.0969. The third kappa shape index (κ3) is 4.40. The van der Waals surface area contributed by atoms with E-state index in [1.807, 2.05) is 37.3 Å². The second-order valence-electron chi connectivity index (χ2n) is 5.13. The van der Waals surface area contributed by atoms with Crippen LogP contribution in [-0.2, 0) is 14.8 Å². The molecule has 0 spiro atoms. The van der Waals surface area contributed by atoms with Crippen molar-refractivity contribution in [2.24, 2.45) is 0 Å². The summed E-state index contributed by atoms with van der Waals surface area (Å²) in [5.74, 6) is 0. The van der Waals surface area contributed by atoms with Crippen molar-refractivity contribution in [3.05, 3.63) is 65.7 Å². The molecular weight excluding hydrogens is 298 g/mol. The number of methoxy groups -OCH3 is 1. The Morgan fingerprint density at radius 3 is 2.27 bits per heavy atom. The van der Waals surface area contributed by atoms with E-state index in [9.17, 15) is 8.42 Å². The summed E-state index contributed by atoms with van der Waals surface area (Å²) >= 11 is 0. The van der Waals surface area contributed by atoms with E-state index in [-0.39, 0.29) is 11.0 Å². The van der Waals surface area contributed by atoms with Gasteiger partial charge in [0.2, 0.25) is 10.0 Å². The van der Waals surface area contributed by atoms with Crippen LogP contribution in [0, 0.1) is 6.92 Å². The smallest absolute Gasteiger partial charge is 0.240 e. The van der Waals surface area contributed by atoms with E-state index in [1.54, 1.807) is 31.4 Å². The third-order valence-electron chi connectivity index (χ3n) is 3.49. The molecule has 0 heterocycles. The van der Waals surface area contributed by atoms with Gasteiger partial charge in [0.1, 0.15) is 0 Å². The summed E-state index contributed by atoms with van der Waals surface area (Å²) in [6.07, 6.45) is 0.452. The summed E-state index contributed by atoms with van der Waals surface area (Å²) in [4.78, 5) is 0.284. The lowest BCUT2D eigenvalue weighted by Crippen LogP contribution is -2.26. The summed E-state index contributed by atoms with van der Waals surface area (Å²) in [5.41, 5.74) is 2.07. The van der Waals surface area contributed by atoms with Gasteiger partial charge in [0.25, 0.3) is 0 Å². The topological polar surface area (TPSA) is 55.4 Å². The maximum Gasteiger partial charge on any atom is 0.240 e. The Labute approximate surface area is 132 Å². The van der Waals surface area contributed by atoms with Crippen molar-refractivity contribution >= 4 is 10.0 Å². The van der Waals surface area contributed by atoms with Crippen LogP contribution < -0.4 is 4.72 Å². The van der Waals surface area contributed by atoms with Crippen molar-refractivity contribution in [2.75, 3.05) is 13.7 Å². The number of benzene rings is 2. The second kappa shape index (κ2) is 7.54. The van der Waals surface area contributed by atoms with Crippen LogP contribution in [0.15, 0.2) is 59.5 Å². The molecule has 0 aliphatic carbocycles. The normalized spacial score (nSPS) is 13.0. The highest BCUT2D eigenvalue weighted by Gasteiger charge is 2.15. The minimum atomic E-state index is -3.47. The van der Waals surface area contributed by atoms with Crippen LogP contribution in [0.3, 0.4) is 0 Å². The molecule has 0 saturated heterocycles. The van der Waals surface area contributed by atoms with Crippen LogP contribution in [0.25, 0.3) is 0 Å². The monoisotopic (exact) mass is 319 g/mol. The molecule has 0 radical (unpaired) electrons. The van der Waals surface area contributed by atoms with Gasteiger partial charge in [-0.1, -0.05) is 48.0 Å². The SMILES string of the molecule is CO[C@H](CCNS(=O)(=O)c1ccc(C)cc1)c1ccccc1. The molecule has 4 nitrogen and oxygen atoms in total. The minimum Gasteiger partial charge on any atom is -0.377 e. The zero-order chi connectivity index (χ0) is 16.0. The van der Waals surface area contributed by atoms with Crippen molar-refractivity contribution < 1.29 is 13.2 Å². The van der Waals surface area contributed by atoms with E-state index in [0.29, 0.717) is 13.0 Å². The molecule has 22 heavy (non-hydrogen) atoms. The average molecular weight is 319 g/mol. The first-order chi connectivity index (χ1) is 10.5. The van der Waals surface area contributed by atoms with Crippen LogP contribution in [0.1, 0.15) is 23.7 Å². The molecule has 0 saturated carbocycles. The Morgan fingerprint density at radius 2 is 1.68 bits per heavy atom. The van der Waals surface area contributed by atoms with Gasteiger partial charge < -0.3 is 4.74 Å². The lowest BCUT2D eigenvalue weighted by Gasteiger charge is -2.16. The van der Waals surface area contributed by atoms with Gasteiger partial charge in [-0.25, -0.2) is 13.1 Å². The summed E-state index contributed by atoms with van der Waals surface area (Å²) in [5, 5.41) is 0. The molecule has 2 rings (SSSR count). The Bertz CT molecular complexity index is 682. The molecule has 0 aromatic heterocycles. The van der Waals surface area contributed by atoms with E-state index in [1.165, 1.54) is 0 Å². The molecule has 0 aliphatic heterocycles. The highest BCUT2D eigenvalue weighted by atomic mass is 32.2. The molecule has 1 N–H and O–H groups in total. The summed E-state index contributed by atoms with van der Waals surface area (Å²) < 4.78 is 32.5. The minimum absolute atomic E-state index is 0.123. The number of hydrogen-bond donors (Lipinski definition) is 1. The van der Waals surface area contributed by atoms with Gasteiger partial charge in [0, 0.05) is 13.7 Å². The first-order valence-electron chi connectivity index (χ1n) is 7.17. The molecule has 0 fully saturated rings. The largest absolute Gasteiger partial charge is 0.377 e. The fourth-order valence-corrected chi connectivity index (χ4v) is 3.26. The zero-order valence-corrected chi connectivity index (χ0v) is 13.6. The number of nitrogens with one attached hydrogen (secondary N) is 1. The molecule has 2 aromatic rings. The standard InChI is InChI=1S/C17H21NO3S/c1-14-8-10-16(11-9-14)22(19,20)18-13-12-17(21-2)15-6-4-3-5-7-15/h3-11,17-18H,12-13H2,1-2H3/t17-/m1/s1. The molecule has 2 aromatic carbocycles. The summed E-state index contributed by atoms with van der Waals surface area (Å²) in [6, 6.07) is 16.6. The van der Waals surface area contributed by atoms with Gasteiger partial charge in [-0.3, -0.25) is 0 Å². The first-order valence-corrected chi connectivity index (χ1v) is 8.65.